The smallest absolute Gasteiger partial charge is 0.338 e. The van der Waals surface area contributed by atoms with Crippen molar-refractivity contribution < 1.29 is 13.9 Å². The van der Waals surface area contributed by atoms with Crippen molar-refractivity contribution in [1.29, 1.82) is 0 Å². The summed E-state index contributed by atoms with van der Waals surface area (Å²) < 4.78 is 16.8. The molecular weight excluding hydrogens is 368 g/mol. The molecule has 1 aliphatic heterocycles. The second-order valence-corrected chi connectivity index (χ2v) is 7.24. The quantitative estimate of drug-likeness (QED) is 0.564. The fraction of sp³-hybridized carbons (Fsp3) is 0.348. The Kier molecular flexibility index (Phi) is 5.71. The standard InChI is InChI=1S/C23H26N2O4/c1-24(19-16-23(26)29-20-8-4-3-7-18(19)20)17-9-10-21(27-2)22(15-17)28-14-13-25-11-5-6-12-25/h3-4,7-10,15-16H,5-6,11-14H2,1-2H3. The average molecular weight is 394 g/mol. The van der Waals surface area contributed by atoms with E-state index in [4.69, 9.17) is 13.9 Å². The molecule has 0 amide bonds. The van der Waals surface area contributed by atoms with Crippen molar-refractivity contribution in [2.45, 2.75) is 12.8 Å². The summed E-state index contributed by atoms with van der Waals surface area (Å²) in [6, 6.07) is 14.8. The molecule has 0 radical (unpaired) electrons. The van der Waals surface area contributed by atoms with E-state index >= 15 is 0 Å². The van der Waals surface area contributed by atoms with E-state index in [-0.39, 0.29) is 5.63 Å². The van der Waals surface area contributed by atoms with Crippen LogP contribution >= 0.6 is 0 Å². The maximum atomic E-state index is 12.0. The third-order valence-corrected chi connectivity index (χ3v) is 5.39. The number of benzene rings is 2. The molecule has 0 N–H and O–H groups in total. The predicted octanol–water partition coefficient (Wildman–Crippen LogP) is 4.04. The molecule has 0 spiro atoms. The highest BCUT2D eigenvalue weighted by atomic mass is 16.5. The molecule has 0 atom stereocenters. The SMILES string of the molecule is COc1ccc(N(C)c2cc(=O)oc3ccccc23)cc1OCCN1CCCC1. The van der Waals surface area contributed by atoms with Gasteiger partial charge in [0.05, 0.1) is 12.8 Å². The van der Waals surface area contributed by atoms with Crippen LogP contribution in [0.15, 0.2) is 57.7 Å². The van der Waals surface area contributed by atoms with E-state index in [1.54, 1.807) is 13.2 Å². The molecule has 2 aromatic carbocycles. The molecule has 6 nitrogen and oxygen atoms in total. The molecule has 4 rings (SSSR count). The van der Waals surface area contributed by atoms with Gasteiger partial charge < -0.3 is 18.8 Å². The van der Waals surface area contributed by atoms with Crippen LogP contribution in [0.2, 0.25) is 0 Å². The highest BCUT2D eigenvalue weighted by Crippen LogP contribution is 2.35. The summed E-state index contributed by atoms with van der Waals surface area (Å²) in [6.45, 7) is 3.81. The van der Waals surface area contributed by atoms with E-state index in [1.165, 1.54) is 18.9 Å². The summed E-state index contributed by atoms with van der Waals surface area (Å²) in [5.41, 5.74) is 1.88. The first-order valence-electron chi connectivity index (χ1n) is 9.95. The van der Waals surface area contributed by atoms with Gasteiger partial charge in [0.25, 0.3) is 0 Å². The van der Waals surface area contributed by atoms with E-state index in [0.29, 0.717) is 23.7 Å². The Morgan fingerprint density at radius 3 is 2.66 bits per heavy atom. The molecule has 2 heterocycles. The van der Waals surface area contributed by atoms with Crippen molar-refractivity contribution in [3.05, 3.63) is 59.0 Å². The molecular formula is C23H26N2O4. The minimum Gasteiger partial charge on any atom is -0.493 e. The molecule has 0 unspecified atom stereocenters. The van der Waals surface area contributed by atoms with Crippen LogP contribution in [0.5, 0.6) is 11.5 Å². The lowest BCUT2D eigenvalue weighted by molar-refractivity contribution is 0.230. The summed E-state index contributed by atoms with van der Waals surface area (Å²) in [7, 11) is 3.57. The van der Waals surface area contributed by atoms with Crippen LogP contribution in [0.3, 0.4) is 0 Å². The van der Waals surface area contributed by atoms with Gasteiger partial charge in [-0.3, -0.25) is 4.90 Å². The number of rotatable bonds is 7. The highest BCUT2D eigenvalue weighted by Gasteiger charge is 2.15. The molecule has 0 saturated carbocycles. The zero-order valence-corrected chi connectivity index (χ0v) is 16.9. The van der Waals surface area contributed by atoms with Gasteiger partial charge in [0, 0.05) is 36.8 Å². The highest BCUT2D eigenvalue weighted by molar-refractivity contribution is 5.92. The normalized spacial score (nSPS) is 14.3. The van der Waals surface area contributed by atoms with E-state index in [2.05, 4.69) is 4.90 Å². The largest absolute Gasteiger partial charge is 0.493 e. The van der Waals surface area contributed by atoms with E-state index in [1.807, 2.05) is 48.3 Å². The van der Waals surface area contributed by atoms with Crippen LogP contribution in [-0.4, -0.2) is 45.3 Å². The van der Waals surface area contributed by atoms with Crippen molar-refractivity contribution in [2.24, 2.45) is 0 Å². The molecule has 0 aliphatic carbocycles. The summed E-state index contributed by atoms with van der Waals surface area (Å²) in [5.74, 6) is 1.39. The Labute approximate surface area is 170 Å². The number of hydrogen-bond acceptors (Lipinski definition) is 6. The molecule has 1 aliphatic rings. The maximum Gasteiger partial charge on any atom is 0.338 e. The van der Waals surface area contributed by atoms with Crippen LogP contribution < -0.4 is 20.0 Å². The van der Waals surface area contributed by atoms with Gasteiger partial charge in [0.15, 0.2) is 11.5 Å². The Bertz CT molecular complexity index is 1040. The second-order valence-electron chi connectivity index (χ2n) is 7.24. The lowest BCUT2D eigenvalue weighted by Gasteiger charge is -2.22. The summed E-state index contributed by atoms with van der Waals surface area (Å²) >= 11 is 0. The molecule has 1 aromatic heterocycles. The summed E-state index contributed by atoms with van der Waals surface area (Å²) in [5, 5.41) is 0.877. The van der Waals surface area contributed by atoms with Gasteiger partial charge in [-0.1, -0.05) is 12.1 Å². The van der Waals surface area contributed by atoms with Crippen molar-refractivity contribution in [1.82, 2.24) is 4.90 Å². The zero-order chi connectivity index (χ0) is 20.2. The van der Waals surface area contributed by atoms with Crippen LogP contribution in [0.25, 0.3) is 11.0 Å². The monoisotopic (exact) mass is 394 g/mol. The number of ether oxygens (including phenoxy) is 2. The van der Waals surface area contributed by atoms with Crippen molar-refractivity contribution in [3.8, 4) is 11.5 Å². The van der Waals surface area contributed by atoms with Gasteiger partial charge in [0.1, 0.15) is 12.2 Å². The minimum absolute atomic E-state index is 0.374. The van der Waals surface area contributed by atoms with Gasteiger partial charge in [-0.05, 0) is 50.2 Å². The van der Waals surface area contributed by atoms with E-state index in [0.717, 1.165) is 36.4 Å². The van der Waals surface area contributed by atoms with Crippen molar-refractivity contribution >= 4 is 22.3 Å². The fourth-order valence-electron chi connectivity index (χ4n) is 3.79. The average Bonchev–Trinajstić information content (AvgIpc) is 3.26. The van der Waals surface area contributed by atoms with E-state index < -0.39 is 0 Å². The first kappa shape index (κ1) is 19.3. The molecule has 29 heavy (non-hydrogen) atoms. The number of methoxy groups -OCH3 is 1. The lowest BCUT2D eigenvalue weighted by Crippen LogP contribution is -2.25. The Hall–Kier alpha value is -2.99. The van der Waals surface area contributed by atoms with Gasteiger partial charge in [0.2, 0.25) is 0 Å². The molecule has 3 aromatic rings. The fourth-order valence-corrected chi connectivity index (χ4v) is 3.79. The van der Waals surface area contributed by atoms with Gasteiger partial charge >= 0.3 is 5.63 Å². The number of hydrogen-bond donors (Lipinski definition) is 0. The number of likely N-dealkylation sites (tertiary alicyclic amines) is 1. The first-order chi connectivity index (χ1) is 14.2. The first-order valence-corrected chi connectivity index (χ1v) is 9.95. The van der Waals surface area contributed by atoms with Crippen LogP contribution in [0.4, 0.5) is 11.4 Å². The summed E-state index contributed by atoms with van der Waals surface area (Å²) in [6.07, 6.45) is 2.53. The zero-order valence-electron chi connectivity index (χ0n) is 16.9. The number of fused-ring (bicyclic) bond motifs is 1. The Morgan fingerprint density at radius 2 is 1.86 bits per heavy atom. The molecule has 1 saturated heterocycles. The van der Waals surface area contributed by atoms with Gasteiger partial charge in [-0.25, -0.2) is 4.79 Å². The maximum absolute atomic E-state index is 12.0. The van der Waals surface area contributed by atoms with Crippen molar-refractivity contribution in [3.63, 3.8) is 0 Å². The number of nitrogens with zero attached hydrogens (tertiary/aromatic N) is 2. The van der Waals surface area contributed by atoms with Gasteiger partial charge in [-0.15, -0.1) is 0 Å². The van der Waals surface area contributed by atoms with Crippen LogP contribution in [-0.2, 0) is 0 Å². The topological polar surface area (TPSA) is 55.1 Å². The summed E-state index contributed by atoms with van der Waals surface area (Å²) in [4.78, 5) is 16.4. The minimum atomic E-state index is -0.374. The molecule has 6 heteroatoms. The van der Waals surface area contributed by atoms with Gasteiger partial charge in [-0.2, -0.15) is 0 Å². The van der Waals surface area contributed by atoms with Crippen LogP contribution in [0, 0.1) is 0 Å². The molecule has 152 valence electrons. The second kappa shape index (κ2) is 8.57. The third kappa shape index (κ3) is 4.22. The lowest BCUT2D eigenvalue weighted by atomic mass is 10.1. The predicted molar refractivity (Wildman–Crippen MR) is 115 cm³/mol. The van der Waals surface area contributed by atoms with E-state index in [9.17, 15) is 4.79 Å². The third-order valence-electron chi connectivity index (χ3n) is 5.39. The van der Waals surface area contributed by atoms with Crippen molar-refractivity contribution in [2.75, 3.05) is 45.3 Å². The number of para-hydroxylation sites is 1. The molecule has 0 bridgehead atoms. The molecule has 1 fully saturated rings. The Morgan fingerprint density at radius 1 is 1.07 bits per heavy atom. The Balaban J connectivity index is 1.60. The number of anilines is 2. The van der Waals surface area contributed by atoms with Crippen LogP contribution in [0.1, 0.15) is 12.8 Å².